The first-order valence-corrected chi connectivity index (χ1v) is 7.57. The van der Waals surface area contributed by atoms with Crippen LogP contribution in [0.15, 0.2) is 24.3 Å². The fourth-order valence-electron chi connectivity index (χ4n) is 2.54. The van der Waals surface area contributed by atoms with Gasteiger partial charge in [0.2, 0.25) is 0 Å². The highest BCUT2D eigenvalue weighted by molar-refractivity contribution is 5.73. The van der Waals surface area contributed by atoms with E-state index in [2.05, 4.69) is 4.90 Å². The van der Waals surface area contributed by atoms with Gasteiger partial charge in [0.05, 0.1) is 0 Å². The van der Waals surface area contributed by atoms with Crippen molar-refractivity contribution in [3.8, 4) is 5.75 Å². The molecular formula is C16H24N2O3. The average molecular weight is 292 g/mol. The van der Waals surface area contributed by atoms with Gasteiger partial charge in [0.1, 0.15) is 18.4 Å². The molecule has 21 heavy (non-hydrogen) atoms. The molecule has 1 aliphatic rings. The number of ether oxygens (including phenoxy) is 1. The second-order valence-corrected chi connectivity index (χ2v) is 5.54. The number of nitrogens with zero attached hydrogens (tertiary/aromatic N) is 1. The Morgan fingerprint density at radius 1 is 1.24 bits per heavy atom. The summed E-state index contributed by atoms with van der Waals surface area (Å²) in [4.78, 5) is 13.1. The molecule has 0 spiro atoms. The smallest absolute Gasteiger partial charge is 0.320 e. The van der Waals surface area contributed by atoms with Crippen molar-refractivity contribution < 1.29 is 14.6 Å². The Bertz CT molecular complexity index is 441. The number of likely N-dealkylation sites (tertiary alicyclic amines) is 1. The van der Waals surface area contributed by atoms with Crippen molar-refractivity contribution in [1.29, 1.82) is 0 Å². The lowest BCUT2D eigenvalue weighted by molar-refractivity contribution is -0.138. The van der Waals surface area contributed by atoms with E-state index >= 15 is 0 Å². The third-order valence-corrected chi connectivity index (χ3v) is 3.82. The van der Waals surface area contributed by atoms with Gasteiger partial charge in [0, 0.05) is 6.54 Å². The minimum atomic E-state index is -0.975. The quantitative estimate of drug-likeness (QED) is 0.796. The highest BCUT2D eigenvalue weighted by Gasteiger charge is 2.12. The van der Waals surface area contributed by atoms with Crippen LogP contribution in [0.3, 0.4) is 0 Å². The number of carbonyl (C=O) groups is 1. The zero-order valence-corrected chi connectivity index (χ0v) is 12.3. The largest absolute Gasteiger partial charge is 0.492 e. The summed E-state index contributed by atoms with van der Waals surface area (Å²) in [5, 5.41) is 8.78. The van der Waals surface area contributed by atoms with Gasteiger partial charge >= 0.3 is 5.97 Å². The number of hydrogen-bond acceptors (Lipinski definition) is 4. The lowest BCUT2D eigenvalue weighted by Crippen LogP contribution is -2.33. The second kappa shape index (κ2) is 8.00. The molecule has 0 radical (unpaired) electrons. The second-order valence-electron chi connectivity index (χ2n) is 5.54. The van der Waals surface area contributed by atoms with E-state index in [1.165, 1.54) is 32.4 Å². The maximum atomic E-state index is 10.7. The highest BCUT2D eigenvalue weighted by Crippen LogP contribution is 2.14. The summed E-state index contributed by atoms with van der Waals surface area (Å²) >= 11 is 0. The van der Waals surface area contributed by atoms with Crippen LogP contribution in [0.1, 0.15) is 24.8 Å². The monoisotopic (exact) mass is 292 g/mol. The van der Waals surface area contributed by atoms with Crippen LogP contribution in [0, 0.1) is 0 Å². The van der Waals surface area contributed by atoms with Crippen molar-refractivity contribution in [2.24, 2.45) is 5.73 Å². The zero-order valence-electron chi connectivity index (χ0n) is 12.3. The Kier molecular flexibility index (Phi) is 6.02. The summed E-state index contributed by atoms with van der Waals surface area (Å²) in [6, 6.07) is 6.65. The van der Waals surface area contributed by atoms with Gasteiger partial charge in [0.25, 0.3) is 0 Å². The van der Waals surface area contributed by atoms with E-state index in [1.807, 2.05) is 24.3 Å². The molecule has 0 unspecified atom stereocenters. The van der Waals surface area contributed by atoms with Gasteiger partial charge in [-0.15, -0.1) is 0 Å². The van der Waals surface area contributed by atoms with Crippen LogP contribution >= 0.6 is 0 Å². The number of piperidine rings is 1. The van der Waals surface area contributed by atoms with E-state index in [4.69, 9.17) is 15.6 Å². The molecule has 1 aromatic carbocycles. The standard InChI is InChI=1S/C16H24N2O3/c17-15(16(19)20)12-13-4-6-14(7-5-13)21-11-10-18-8-2-1-3-9-18/h4-7,15H,1-3,8-12,17H2,(H,19,20)/t15-/m1/s1. The van der Waals surface area contributed by atoms with Crippen LogP contribution in [-0.2, 0) is 11.2 Å². The molecule has 5 nitrogen and oxygen atoms in total. The van der Waals surface area contributed by atoms with Crippen molar-refractivity contribution in [2.45, 2.75) is 31.7 Å². The average Bonchev–Trinajstić information content (AvgIpc) is 2.50. The van der Waals surface area contributed by atoms with Crippen LogP contribution in [0.25, 0.3) is 0 Å². The van der Waals surface area contributed by atoms with E-state index < -0.39 is 12.0 Å². The van der Waals surface area contributed by atoms with Gasteiger partial charge in [-0.3, -0.25) is 9.69 Å². The maximum absolute atomic E-state index is 10.7. The predicted molar refractivity (Wildman–Crippen MR) is 81.5 cm³/mol. The molecule has 0 saturated carbocycles. The molecule has 0 aromatic heterocycles. The van der Waals surface area contributed by atoms with Crippen molar-refractivity contribution in [3.63, 3.8) is 0 Å². The minimum absolute atomic E-state index is 0.337. The Labute approximate surface area is 125 Å². The third kappa shape index (κ3) is 5.36. The molecule has 3 N–H and O–H groups in total. The number of carboxylic acid groups (broad SMARTS) is 1. The molecule has 1 aromatic rings. The van der Waals surface area contributed by atoms with Crippen molar-refractivity contribution >= 4 is 5.97 Å². The van der Waals surface area contributed by atoms with Crippen LogP contribution in [0.5, 0.6) is 5.75 Å². The Hall–Kier alpha value is -1.59. The predicted octanol–water partition coefficient (Wildman–Crippen LogP) is 1.51. The lowest BCUT2D eigenvalue weighted by Gasteiger charge is -2.26. The van der Waals surface area contributed by atoms with E-state index in [0.717, 1.165) is 17.9 Å². The third-order valence-electron chi connectivity index (χ3n) is 3.82. The molecular weight excluding hydrogens is 268 g/mol. The topological polar surface area (TPSA) is 75.8 Å². The van der Waals surface area contributed by atoms with Crippen molar-refractivity contribution in [2.75, 3.05) is 26.2 Å². The van der Waals surface area contributed by atoms with Gasteiger partial charge in [-0.05, 0) is 50.0 Å². The van der Waals surface area contributed by atoms with Gasteiger partial charge in [-0.2, -0.15) is 0 Å². The number of carboxylic acids is 1. The summed E-state index contributed by atoms with van der Waals surface area (Å²) in [6.45, 7) is 4.00. The minimum Gasteiger partial charge on any atom is -0.492 e. The molecule has 116 valence electrons. The summed E-state index contributed by atoms with van der Waals surface area (Å²) in [5.41, 5.74) is 6.42. The number of aliphatic carboxylic acids is 1. The fourth-order valence-corrected chi connectivity index (χ4v) is 2.54. The van der Waals surface area contributed by atoms with Crippen LogP contribution in [-0.4, -0.2) is 48.3 Å². The molecule has 0 aliphatic carbocycles. The molecule has 1 heterocycles. The van der Waals surface area contributed by atoms with Gasteiger partial charge in [-0.25, -0.2) is 0 Å². The van der Waals surface area contributed by atoms with Crippen LogP contribution in [0.2, 0.25) is 0 Å². The molecule has 1 saturated heterocycles. The molecule has 0 bridgehead atoms. The van der Waals surface area contributed by atoms with Crippen LogP contribution < -0.4 is 10.5 Å². The summed E-state index contributed by atoms with van der Waals surface area (Å²) in [5.74, 6) is -0.156. The molecule has 1 atom stereocenters. The number of nitrogens with two attached hydrogens (primary N) is 1. The van der Waals surface area contributed by atoms with Gasteiger partial charge in [0.15, 0.2) is 0 Å². The SMILES string of the molecule is N[C@H](Cc1ccc(OCCN2CCCCC2)cc1)C(=O)O. The first-order valence-electron chi connectivity index (χ1n) is 7.57. The van der Waals surface area contributed by atoms with E-state index in [-0.39, 0.29) is 0 Å². The molecule has 2 rings (SSSR count). The summed E-state index contributed by atoms with van der Waals surface area (Å²) in [7, 11) is 0. The lowest BCUT2D eigenvalue weighted by atomic mass is 10.1. The molecule has 1 fully saturated rings. The highest BCUT2D eigenvalue weighted by atomic mass is 16.5. The van der Waals surface area contributed by atoms with E-state index in [9.17, 15) is 4.79 Å². The van der Waals surface area contributed by atoms with Crippen molar-refractivity contribution in [3.05, 3.63) is 29.8 Å². The number of hydrogen-bond donors (Lipinski definition) is 2. The normalized spacial score (nSPS) is 17.4. The van der Waals surface area contributed by atoms with Crippen molar-refractivity contribution in [1.82, 2.24) is 4.90 Å². The Balaban J connectivity index is 1.73. The summed E-state index contributed by atoms with van der Waals surface area (Å²) < 4.78 is 5.73. The fraction of sp³-hybridized carbons (Fsp3) is 0.562. The van der Waals surface area contributed by atoms with Gasteiger partial charge < -0.3 is 15.6 Å². The molecule has 5 heteroatoms. The van der Waals surface area contributed by atoms with Gasteiger partial charge in [-0.1, -0.05) is 18.6 Å². The van der Waals surface area contributed by atoms with E-state index in [0.29, 0.717) is 13.0 Å². The maximum Gasteiger partial charge on any atom is 0.320 e. The van der Waals surface area contributed by atoms with E-state index in [1.54, 1.807) is 0 Å². The Morgan fingerprint density at radius 3 is 2.52 bits per heavy atom. The first-order chi connectivity index (χ1) is 10.1. The zero-order chi connectivity index (χ0) is 15.1. The van der Waals surface area contributed by atoms with Crippen LogP contribution in [0.4, 0.5) is 0 Å². The number of rotatable bonds is 7. The molecule has 1 aliphatic heterocycles. The summed E-state index contributed by atoms with van der Waals surface area (Å²) in [6.07, 6.45) is 4.26. The molecule has 0 amide bonds. The number of benzene rings is 1. The first kappa shape index (κ1) is 15.8. The Morgan fingerprint density at radius 2 is 1.90 bits per heavy atom.